The predicted molar refractivity (Wildman–Crippen MR) is 107 cm³/mol. The Morgan fingerprint density at radius 1 is 1.23 bits per heavy atom. The number of benzene rings is 2. The molecule has 1 heterocycles. The Labute approximate surface area is 172 Å². The van der Waals surface area contributed by atoms with Crippen LogP contribution in [0.15, 0.2) is 48.5 Å². The minimum Gasteiger partial charge on any atom is -0.454 e. The van der Waals surface area contributed by atoms with Crippen molar-refractivity contribution in [1.29, 1.82) is 0 Å². The van der Waals surface area contributed by atoms with Crippen LogP contribution in [0.1, 0.15) is 24.1 Å². The van der Waals surface area contributed by atoms with Gasteiger partial charge in [-0.1, -0.05) is 30.3 Å². The summed E-state index contributed by atoms with van der Waals surface area (Å²) in [6.45, 7) is 1.40. The highest BCUT2D eigenvalue weighted by Gasteiger charge is 2.22. The molecule has 1 aliphatic heterocycles. The van der Waals surface area contributed by atoms with Crippen LogP contribution in [0.4, 0.5) is 5.69 Å². The van der Waals surface area contributed by atoms with Crippen molar-refractivity contribution in [3.05, 3.63) is 69.8 Å². The van der Waals surface area contributed by atoms with Gasteiger partial charge in [-0.15, -0.1) is 0 Å². The molecule has 1 aliphatic rings. The van der Waals surface area contributed by atoms with Gasteiger partial charge in [0.05, 0.1) is 22.6 Å². The van der Waals surface area contributed by atoms with Crippen molar-refractivity contribution in [3.8, 4) is 11.5 Å². The summed E-state index contributed by atoms with van der Waals surface area (Å²) in [4.78, 5) is 36.4. The second-order valence-electron chi connectivity index (χ2n) is 6.55. The number of carbonyl (C=O) groups excluding carboxylic acids is 2. The molecular weight excluding hydrogens is 392 g/mol. The summed E-state index contributed by atoms with van der Waals surface area (Å²) in [5.41, 5.74) is 0.868. The third-order valence-electron chi connectivity index (χ3n) is 4.71. The molecular formula is C21H20N2O7. The molecule has 156 valence electrons. The van der Waals surface area contributed by atoms with E-state index in [-0.39, 0.29) is 35.7 Å². The van der Waals surface area contributed by atoms with E-state index in [1.54, 1.807) is 7.05 Å². The van der Waals surface area contributed by atoms with Gasteiger partial charge in [-0.3, -0.25) is 14.9 Å². The summed E-state index contributed by atoms with van der Waals surface area (Å²) in [5.74, 6) is -0.554. The van der Waals surface area contributed by atoms with E-state index in [0.29, 0.717) is 5.75 Å². The fourth-order valence-electron chi connectivity index (χ4n) is 2.85. The average Bonchev–Trinajstić information content (AvgIpc) is 3.22. The Balaban J connectivity index is 1.60. The first-order valence-electron chi connectivity index (χ1n) is 9.10. The van der Waals surface area contributed by atoms with Gasteiger partial charge in [-0.05, 0) is 24.6 Å². The highest BCUT2D eigenvalue weighted by atomic mass is 16.7. The first kappa shape index (κ1) is 20.8. The number of amides is 1. The number of ether oxygens (including phenoxy) is 3. The summed E-state index contributed by atoms with van der Waals surface area (Å²) in [7, 11) is 1.62. The number of nitro groups is 1. The maximum absolute atomic E-state index is 12.3. The van der Waals surface area contributed by atoms with Crippen molar-refractivity contribution in [3.63, 3.8) is 0 Å². The molecule has 0 unspecified atom stereocenters. The smallest absolute Gasteiger partial charge is 0.331 e. The third kappa shape index (κ3) is 4.75. The summed E-state index contributed by atoms with van der Waals surface area (Å²) in [6, 6.07) is 11.9. The van der Waals surface area contributed by atoms with Crippen LogP contribution >= 0.6 is 0 Å². The fraction of sp³-hybridized carbons (Fsp3) is 0.238. The lowest BCUT2D eigenvalue weighted by molar-refractivity contribution is -0.385. The molecule has 0 aliphatic carbocycles. The van der Waals surface area contributed by atoms with E-state index in [4.69, 9.17) is 14.2 Å². The van der Waals surface area contributed by atoms with E-state index in [9.17, 15) is 19.7 Å². The number of rotatable bonds is 7. The number of hydrogen-bond acceptors (Lipinski definition) is 7. The van der Waals surface area contributed by atoms with Gasteiger partial charge in [0.2, 0.25) is 6.79 Å². The molecule has 0 radical (unpaired) electrons. The van der Waals surface area contributed by atoms with E-state index in [2.05, 4.69) is 0 Å². The lowest BCUT2D eigenvalue weighted by Gasteiger charge is -2.25. The highest BCUT2D eigenvalue weighted by molar-refractivity contribution is 5.90. The van der Waals surface area contributed by atoms with Crippen LogP contribution in [-0.2, 0) is 14.3 Å². The van der Waals surface area contributed by atoms with Crippen LogP contribution in [0, 0.1) is 10.1 Å². The number of esters is 1. The number of carbonyl (C=O) groups is 2. The van der Waals surface area contributed by atoms with Gasteiger partial charge in [-0.2, -0.15) is 0 Å². The SMILES string of the molecule is C[C@@H](c1ccccc1)N(C)C(=O)COC(=O)/C=C/c1cc2c(cc1[N+](=O)[O-])OCO2. The van der Waals surface area contributed by atoms with Gasteiger partial charge in [0.1, 0.15) is 0 Å². The van der Waals surface area contributed by atoms with E-state index in [1.807, 2.05) is 37.3 Å². The van der Waals surface area contributed by atoms with E-state index in [1.165, 1.54) is 23.1 Å². The van der Waals surface area contributed by atoms with Gasteiger partial charge in [-0.25, -0.2) is 4.79 Å². The van der Waals surface area contributed by atoms with Gasteiger partial charge < -0.3 is 19.1 Å². The van der Waals surface area contributed by atoms with E-state index < -0.39 is 17.5 Å². The Hall–Kier alpha value is -3.88. The second-order valence-corrected chi connectivity index (χ2v) is 6.55. The van der Waals surface area contributed by atoms with Crippen molar-refractivity contribution in [2.75, 3.05) is 20.4 Å². The first-order valence-corrected chi connectivity index (χ1v) is 9.10. The largest absolute Gasteiger partial charge is 0.454 e. The first-order chi connectivity index (χ1) is 14.4. The third-order valence-corrected chi connectivity index (χ3v) is 4.71. The van der Waals surface area contributed by atoms with Crippen LogP contribution in [0.2, 0.25) is 0 Å². The Kier molecular flexibility index (Phi) is 6.31. The number of fused-ring (bicyclic) bond motifs is 1. The zero-order valence-electron chi connectivity index (χ0n) is 16.4. The summed E-state index contributed by atoms with van der Waals surface area (Å²) >= 11 is 0. The fourth-order valence-corrected chi connectivity index (χ4v) is 2.85. The van der Waals surface area contributed by atoms with Crippen molar-refractivity contribution in [2.45, 2.75) is 13.0 Å². The topological polar surface area (TPSA) is 108 Å². The molecule has 0 N–H and O–H groups in total. The molecule has 0 bridgehead atoms. The molecule has 9 nitrogen and oxygen atoms in total. The van der Waals surface area contributed by atoms with E-state index in [0.717, 1.165) is 11.6 Å². The molecule has 0 saturated carbocycles. The van der Waals surface area contributed by atoms with Crippen molar-refractivity contribution in [2.24, 2.45) is 0 Å². The minimum absolute atomic E-state index is 0.0290. The molecule has 30 heavy (non-hydrogen) atoms. The van der Waals surface area contributed by atoms with Crippen molar-refractivity contribution in [1.82, 2.24) is 4.90 Å². The standard InChI is InChI=1S/C21H20N2O7/c1-14(15-6-4-3-5-7-15)22(2)20(24)12-28-21(25)9-8-16-10-18-19(30-13-29-18)11-17(16)23(26)27/h3-11,14H,12-13H2,1-2H3/b9-8+/t14-/m0/s1. The zero-order valence-corrected chi connectivity index (χ0v) is 16.4. The van der Waals surface area contributed by atoms with E-state index >= 15 is 0 Å². The van der Waals surface area contributed by atoms with Crippen LogP contribution in [0.25, 0.3) is 6.08 Å². The molecule has 2 aromatic rings. The Morgan fingerprint density at radius 3 is 2.57 bits per heavy atom. The maximum atomic E-state index is 12.3. The Morgan fingerprint density at radius 2 is 1.90 bits per heavy atom. The van der Waals surface area contributed by atoms with Crippen LogP contribution in [0.5, 0.6) is 11.5 Å². The molecule has 2 aromatic carbocycles. The number of likely N-dealkylation sites (N-methyl/N-ethyl adjacent to an activating group) is 1. The maximum Gasteiger partial charge on any atom is 0.331 e. The normalized spacial score (nSPS) is 13.1. The van der Waals surface area contributed by atoms with Crippen molar-refractivity contribution < 1.29 is 28.7 Å². The predicted octanol–water partition coefficient (Wildman–Crippen LogP) is 3.10. The molecule has 3 rings (SSSR count). The zero-order chi connectivity index (χ0) is 21.7. The molecule has 1 atom stereocenters. The lowest BCUT2D eigenvalue weighted by atomic mass is 10.1. The summed E-state index contributed by atoms with van der Waals surface area (Å²) in [6.07, 6.45) is 2.27. The van der Waals surface area contributed by atoms with Gasteiger partial charge in [0, 0.05) is 13.1 Å². The molecule has 0 fully saturated rings. The van der Waals surface area contributed by atoms with Crippen LogP contribution in [0.3, 0.4) is 0 Å². The highest BCUT2D eigenvalue weighted by Crippen LogP contribution is 2.38. The summed E-state index contributed by atoms with van der Waals surface area (Å²) < 4.78 is 15.3. The van der Waals surface area contributed by atoms with Crippen molar-refractivity contribution >= 4 is 23.6 Å². The minimum atomic E-state index is -0.795. The molecule has 0 saturated heterocycles. The molecule has 0 aromatic heterocycles. The average molecular weight is 412 g/mol. The Bertz CT molecular complexity index is 988. The monoisotopic (exact) mass is 412 g/mol. The van der Waals surface area contributed by atoms with Crippen LogP contribution < -0.4 is 9.47 Å². The molecule has 9 heteroatoms. The lowest BCUT2D eigenvalue weighted by Crippen LogP contribution is -2.33. The number of hydrogen-bond donors (Lipinski definition) is 0. The summed E-state index contributed by atoms with van der Waals surface area (Å²) in [5, 5.41) is 11.2. The number of nitrogens with zero attached hydrogens (tertiary/aromatic N) is 2. The van der Waals surface area contributed by atoms with Gasteiger partial charge in [0.25, 0.3) is 11.6 Å². The molecule has 1 amide bonds. The van der Waals surface area contributed by atoms with Gasteiger partial charge >= 0.3 is 5.97 Å². The quantitative estimate of drug-likeness (QED) is 0.298. The molecule has 0 spiro atoms. The van der Waals surface area contributed by atoms with Crippen LogP contribution in [-0.4, -0.2) is 42.1 Å². The number of nitro benzene ring substituents is 1. The van der Waals surface area contributed by atoms with Gasteiger partial charge in [0.15, 0.2) is 18.1 Å². The second kappa shape index (κ2) is 9.08.